The van der Waals surface area contributed by atoms with Crippen LogP contribution in [0.25, 0.3) is 5.69 Å². The zero-order valence-corrected chi connectivity index (χ0v) is 14.3. The minimum Gasteiger partial charge on any atom is -0.539 e. The Balaban J connectivity index is 1.74. The molecule has 0 bridgehead atoms. The monoisotopic (exact) mass is 365 g/mol. The summed E-state index contributed by atoms with van der Waals surface area (Å²) in [7, 11) is 0. The van der Waals surface area contributed by atoms with Gasteiger partial charge in [-0.15, -0.1) is 0 Å². The summed E-state index contributed by atoms with van der Waals surface area (Å²) in [5.74, 6) is -2.40. The molecular formula is C19H15N3O5. The van der Waals surface area contributed by atoms with E-state index in [0.717, 1.165) is 10.2 Å². The lowest BCUT2D eigenvalue weighted by Gasteiger charge is -2.19. The molecular weight excluding hydrogens is 350 g/mol. The maximum atomic E-state index is 12.9. The summed E-state index contributed by atoms with van der Waals surface area (Å²) in [4.78, 5) is 25.2. The second kappa shape index (κ2) is 6.03. The van der Waals surface area contributed by atoms with E-state index in [1.54, 1.807) is 49.4 Å². The highest BCUT2D eigenvalue weighted by atomic mass is 16.6. The van der Waals surface area contributed by atoms with Crippen LogP contribution in [0.3, 0.4) is 0 Å². The standard InChI is InChI=1S/C19H15N3O5/c1-11-6-2-5-9-14(11)22-16(17(24)27-21-22)15(23)10-19(26)12-7-3-4-8-13(12)20-18(19)25/h2-9,26H,10H2,1H3,(H-,20,21,23,24,25). The quantitative estimate of drug-likeness (QED) is 0.520. The molecule has 2 aromatic carbocycles. The zero-order valence-electron chi connectivity index (χ0n) is 14.3. The van der Waals surface area contributed by atoms with Gasteiger partial charge in [0.05, 0.1) is 11.7 Å². The van der Waals surface area contributed by atoms with Crippen LogP contribution >= 0.6 is 0 Å². The molecule has 0 aliphatic carbocycles. The number of rotatable bonds is 4. The van der Waals surface area contributed by atoms with E-state index in [2.05, 4.69) is 15.1 Å². The number of nitrogens with zero attached hydrogens (tertiary/aromatic N) is 2. The Labute approximate surface area is 153 Å². The Bertz CT molecular complexity index is 1070. The Morgan fingerprint density at radius 1 is 1.26 bits per heavy atom. The number of carbonyl (C=O) groups is 2. The summed E-state index contributed by atoms with van der Waals surface area (Å²) >= 11 is 0. The molecule has 0 spiro atoms. The number of fused-ring (bicyclic) bond motifs is 1. The Morgan fingerprint density at radius 2 is 1.96 bits per heavy atom. The van der Waals surface area contributed by atoms with Crippen LogP contribution in [0.15, 0.2) is 53.1 Å². The lowest BCUT2D eigenvalue weighted by Crippen LogP contribution is -2.43. The second-order valence-electron chi connectivity index (χ2n) is 6.37. The van der Waals surface area contributed by atoms with Gasteiger partial charge in [0.1, 0.15) is 0 Å². The number of ketones is 1. The fourth-order valence-corrected chi connectivity index (χ4v) is 3.24. The normalized spacial score (nSPS) is 18.2. The number of Topliss-reactive ketones (excluding diaryl/α,β-unsaturated/α-hetero) is 1. The average molecular weight is 365 g/mol. The average Bonchev–Trinajstić information content (AvgIpc) is 3.14. The summed E-state index contributed by atoms with van der Waals surface area (Å²) in [6.45, 7) is 1.80. The van der Waals surface area contributed by atoms with Gasteiger partial charge < -0.3 is 20.1 Å². The van der Waals surface area contributed by atoms with E-state index in [1.165, 1.54) is 0 Å². The second-order valence-corrected chi connectivity index (χ2v) is 6.37. The molecule has 136 valence electrons. The van der Waals surface area contributed by atoms with Crippen LogP contribution in [0.5, 0.6) is 5.95 Å². The van der Waals surface area contributed by atoms with E-state index in [9.17, 15) is 19.8 Å². The zero-order chi connectivity index (χ0) is 19.2. The molecule has 1 aromatic heterocycles. The van der Waals surface area contributed by atoms with Gasteiger partial charge >= 0.3 is 5.69 Å². The maximum absolute atomic E-state index is 12.9. The Morgan fingerprint density at radius 3 is 2.74 bits per heavy atom. The summed E-state index contributed by atoms with van der Waals surface area (Å²) < 4.78 is 5.77. The van der Waals surface area contributed by atoms with Crippen LogP contribution < -0.4 is 15.1 Å². The van der Waals surface area contributed by atoms with Crippen molar-refractivity contribution in [2.75, 3.05) is 5.32 Å². The van der Waals surface area contributed by atoms with Crippen molar-refractivity contribution in [1.29, 1.82) is 0 Å². The van der Waals surface area contributed by atoms with Crippen LogP contribution in [0.4, 0.5) is 5.69 Å². The van der Waals surface area contributed by atoms with Crippen molar-refractivity contribution >= 4 is 17.4 Å². The molecule has 0 saturated carbocycles. The minimum absolute atomic E-state index is 0.287. The first-order chi connectivity index (χ1) is 12.9. The summed E-state index contributed by atoms with van der Waals surface area (Å²) in [6, 6.07) is 13.6. The van der Waals surface area contributed by atoms with Crippen molar-refractivity contribution in [1.82, 2.24) is 5.27 Å². The highest BCUT2D eigenvalue weighted by molar-refractivity contribution is 6.09. The number of carbonyl (C=O) groups excluding carboxylic acids is 2. The molecule has 4 rings (SSSR count). The third-order valence-electron chi connectivity index (χ3n) is 4.63. The minimum atomic E-state index is -2.07. The molecule has 8 heteroatoms. The number of para-hydroxylation sites is 2. The lowest BCUT2D eigenvalue weighted by molar-refractivity contribution is -0.672. The number of benzene rings is 2. The van der Waals surface area contributed by atoms with E-state index in [4.69, 9.17) is 0 Å². The van der Waals surface area contributed by atoms with Gasteiger partial charge in [0.15, 0.2) is 11.5 Å². The van der Waals surface area contributed by atoms with Gasteiger partial charge in [-0.25, -0.2) is 0 Å². The fraction of sp³-hybridized carbons (Fsp3) is 0.158. The first kappa shape index (κ1) is 16.9. The molecule has 1 unspecified atom stereocenters. The SMILES string of the molecule is Cc1ccccc1-[n+]1noc([O-])c1C(=O)CC1(O)C(=O)Nc2ccccc21. The van der Waals surface area contributed by atoms with Gasteiger partial charge in [-0.05, 0) is 17.7 Å². The van der Waals surface area contributed by atoms with Crippen LogP contribution in [0.2, 0.25) is 0 Å². The molecule has 0 saturated heterocycles. The first-order valence-electron chi connectivity index (χ1n) is 8.23. The third kappa shape index (κ3) is 2.58. The number of hydrogen-bond acceptors (Lipinski definition) is 6. The number of anilines is 1. The van der Waals surface area contributed by atoms with Gasteiger partial charge in [-0.1, -0.05) is 36.4 Å². The van der Waals surface area contributed by atoms with Gasteiger partial charge in [-0.2, -0.15) is 0 Å². The van der Waals surface area contributed by atoms with E-state index in [1.807, 2.05) is 6.07 Å². The van der Waals surface area contributed by atoms with Crippen molar-refractivity contribution in [3.05, 3.63) is 65.4 Å². The predicted octanol–water partition coefficient (Wildman–Crippen LogP) is 0.746. The Hall–Kier alpha value is -3.52. The summed E-state index contributed by atoms with van der Waals surface area (Å²) in [6.07, 6.45) is -0.613. The molecule has 1 atom stereocenters. The van der Waals surface area contributed by atoms with Crippen molar-refractivity contribution < 1.29 is 29.0 Å². The van der Waals surface area contributed by atoms with Crippen LogP contribution in [-0.2, 0) is 10.4 Å². The molecule has 27 heavy (non-hydrogen) atoms. The van der Waals surface area contributed by atoms with Gasteiger partial charge in [0, 0.05) is 22.9 Å². The van der Waals surface area contributed by atoms with Crippen LogP contribution in [-0.4, -0.2) is 22.1 Å². The lowest BCUT2D eigenvalue weighted by atomic mass is 9.89. The highest BCUT2D eigenvalue weighted by Gasteiger charge is 2.48. The van der Waals surface area contributed by atoms with E-state index < -0.39 is 29.7 Å². The van der Waals surface area contributed by atoms with Crippen molar-refractivity contribution in [2.24, 2.45) is 0 Å². The van der Waals surface area contributed by atoms with E-state index >= 15 is 0 Å². The molecule has 8 nitrogen and oxygen atoms in total. The number of hydrogen-bond donors (Lipinski definition) is 2. The summed E-state index contributed by atoms with van der Waals surface area (Å²) in [5.41, 5.74) is -0.439. The predicted molar refractivity (Wildman–Crippen MR) is 90.1 cm³/mol. The van der Waals surface area contributed by atoms with E-state index in [0.29, 0.717) is 11.4 Å². The first-order valence-corrected chi connectivity index (χ1v) is 8.23. The van der Waals surface area contributed by atoms with Crippen molar-refractivity contribution in [2.45, 2.75) is 18.9 Å². The van der Waals surface area contributed by atoms with Crippen LogP contribution in [0.1, 0.15) is 28.0 Å². The molecule has 2 N–H and O–H groups in total. The molecule has 3 aromatic rings. The van der Waals surface area contributed by atoms with Gasteiger partial charge in [0.25, 0.3) is 5.91 Å². The fourth-order valence-electron chi connectivity index (χ4n) is 3.24. The molecule has 1 amide bonds. The summed E-state index contributed by atoms with van der Waals surface area (Å²) in [5, 5.41) is 29.2. The molecule has 0 radical (unpaired) electrons. The van der Waals surface area contributed by atoms with Gasteiger partial charge in [0.2, 0.25) is 11.5 Å². The van der Waals surface area contributed by atoms with Gasteiger partial charge in [-0.3, -0.25) is 9.59 Å². The van der Waals surface area contributed by atoms with Crippen molar-refractivity contribution in [3.8, 4) is 11.6 Å². The smallest absolute Gasteiger partial charge is 0.306 e. The van der Waals surface area contributed by atoms with Crippen molar-refractivity contribution in [3.63, 3.8) is 0 Å². The maximum Gasteiger partial charge on any atom is 0.306 e. The number of amides is 1. The number of nitrogens with one attached hydrogen (secondary N) is 1. The number of aryl methyl sites for hydroxylation is 1. The third-order valence-corrected chi connectivity index (χ3v) is 4.63. The highest BCUT2D eigenvalue weighted by Crippen LogP contribution is 2.39. The molecule has 1 aliphatic rings. The molecule has 2 heterocycles. The largest absolute Gasteiger partial charge is 0.539 e. The topological polar surface area (TPSA) is 119 Å². The molecule has 0 fully saturated rings. The van der Waals surface area contributed by atoms with Crippen LogP contribution in [0, 0.1) is 6.92 Å². The number of aromatic nitrogens is 2. The molecule has 1 aliphatic heterocycles. The Kier molecular flexibility index (Phi) is 3.78. The van der Waals surface area contributed by atoms with E-state index in [-0.39, 0.29) is 11.3 Å². The number of aliphatic hydroxyl groups is 1.